The van der Waals surface area contributed by atoms with Crippen molar-refractivity contribution in [2.75, 3.05) is 20.2 Å². The van der Waals surface area contributed by atoms with Gasteiger partial charge in [0.2, 0.25) is 5.89 Å². The number of piperidine rings is 1. The maximum absolute atomic E-state index is 13.7. The number of nitrogens with zero attached hydrogens (tertiary/aromatic N) is 2. The summed E-state index contributed by atoms with van der Waals surface area (Å²) in [7, 11) is 1.45. The van der Waals surface area contributed by atoms with Gasteiger partial charge in [0.1, 0.15) is 5.76 Å². The molecule has 1 atom stereocenters. The molecule has 1 aliphatic rings. The summed E-state index contributed by atoms with van der Waals surface area (Å²) in [5, 5.41) is 0. The van der Waals surface area contributed by atoms with Crippen LogP contribution in [-0.2, 0) is 17.9 Å². The Bertz CT molecular complexity index is 974. The molecule has 4 rings (SSSR count). The molecule has 1 aliphatic heterocycles. The summed E-state index contributed by atoms with van der Waals surface area (Å²) in [6, 6.07) is 14.9. The highest BCUT2D eigenvalue weighted by atomic mass is 19.1. The maximum Gasteiger partial charge on any atom is 0.226 e. The van der Waals surface area contributed by atoms with E-state index in [1.165, 1.54) is 18.7 Å². The van der Waals surface area contributed by atoms with E-state index in [-0.39, 0.29) is 11.9 Å². The van der Waals surface area contributed by atoms with Gasteiger partial charge in [-0.3, -0.25) is 4.90 Å². The molecular weight excluding hydrogens is 383 g/mol. The fraction of sp³-hybridized carbons (Fsp3) is 0.375. The minimum Gasteiger partial charge on any atom is -0.494 e. The van der Waals surface area contributed by atoms with E-state index >= 15 is 0 Å². The van der Waals surface area contributed by atoms with Crippen molar-refractivity contribution in [1.29, 1.82) is 0 Å². The SMILES string of the molecule is COc1cc(-c2nc(CN3CCC[C@H](OCc4ccccc4)C3)c(C)o2)ccc1F. The van der Waals surface area contributed by atoms with E-state index in [1.807, 2.05) is 25.1 Å². The van der Waals surface area contributed by atoms with Crippen LogP contribution < -0.4 is 4.74 Å². The van der Waals surface area contributed by atoms with E-state index in [0.717, 1.165) is 37.4 Å². The second-order valence-corrected chi connectivity index (χ2v) is 7.67. The molecule has 2 heterocycles. The van der Waals surface area contributed by atoms with E-state index in [1.54, 1.807) is 12.1 Å². The van der Waals surface area contributed by atoms with Gasteiger partial charge in [-0.2, -0.15) is 0 Å². The maximum atomic E-state index is 13.7. The minimum absolute atomic E-state index is 0.180. The van der Waals surface area contributed by atoms with E-state index in [9.17, 15) is 4.39 Å². The van der Waals surface area contributed by atoms with Crippen LogP contribution in [0, 0.1) is 12.7 Å². The number of aromatic nitrogens is 1. The number of halogens is 1. The average molecular weight is 410 g/mol. The Kier molecular flexibility index (Phi) is 6.45. The van der Waals surface area contributed by atoms with Crippen LogP contribution in [0.5, 0.6) is 5.75 Å². The summed E-state index contributed by atoms with van der Waals surface area (Å²) in [5.41, 5.74) is 2.80. The fourth-order valence-corrected chi connectivity index (χ4v) is 3.78. The lowest BCUT2D eigenvalue weighted by atomic mass is 10.1. The Morgan fingerprint density at radius 2 is 2.03 bits per heavy atom. The third kappa shape index (κ3) is 4.89. The number of oxazole rings is 1. The molecule has 158 valence electrons. The summed E-state index contributed by atoms with van der Waals surface area (Å²) in [6.45, 7) is 5.15. The Balaban J connectivity index is 1.39. The third-order valence-electron chi connectivity index (χ3n) is 5.45. The highest BCUT2D eigenvalue weighted by molar-refractivity contribution is 5.56. The Morgan fingerprint density at radius 3 is 2.83 bits per heavy atom. The van der Waals surface area contributed by atoms with Crippen LogP contribution >= 0.6 is 0 Å². The molecule has 0 amide bonds. The van der Waals surface area contributed by atoms with E-state index in [0.29, 0.717) is 24.6 Å². The largest absolute Gasteiger partial charge is 0.494 e. The summed E-state index contributed by atoms with van der Waals surface area (Å²) in [5.74, 6) is 1.04. The molecule has 1 fully saturated rings. The van der Waals surface area contributed by atoms with Crippen molar-refractivity contribution in [3.05, 3.63) is 71.4 Å². The summed E-state index contributed by atoms with van der Waals surface area (Å²) < 4.78 is 30.8. The van der Waals surface area contributed by atoms with Gasteiger partial charge in [0.05, 0.1) is 25.5 Å². The zero-order chi connectivity index (χ0) is 20.9. The number of likely N-dealkylation sites (tertiary alicyclic amines) is 1. The first-order valence-corrected chi connectivity index (χ1v) is 10.3. The molecule has 2 aromatic carbocycles. The number of rotatable bonds is 7. The van der Waals surface area contributed by atoms with Gasteiger partial charge in [0.25, 0.3) is 0 Å². The van der Waals surface area contributed by atoms with Gasteiger partial charge in [0.15, 0.2) is 11.6 Å². The lowest BCUT2D eigenvalue weighted by Crippen LogP contribution is -2.39. The van der Waals surface area contributed by atoms with Gasteiger partial charge in [-0.25, -0.2) is 9.37 Å². The monoisotopic (exact) mass is 410 g/mol. The average Bonchev–Trinajstić information content (AvgIpc) is 3.14. The molecular formula is C24H27FN2O3. The first-order chi connectivity index (χ1) is 14.6. The second kappa shape index (κ2) is 9.41. The van der Waals surface area contributed by atoms with Crippen molar-refractivity contribution < 1.29 is 18.3 Å². The number of ether oxygens (including phenoxy) is 2. The predicted molar refractivity (Wildman–Crippen MR) is 113 cm³/mol. The van der Waals surface area contributed by atoms with Crippen LogP contribution in [0.25, 0.3) is 11.5 Å². The first kappa shape index (κ1) is 20.6. The van der Waals surface area contributed by atoms with Crippen molar-refractivity contribution in [3.63, 3.8) is 0 Å². The Hall–Kier alpha value is -2.70. The van der Waals surface area contributed by atoms with E-state index in [4.69, 9.17) is 13.9 Å². The number of hydrogen-bond acceptors (Lipinski definition) is 5. The van der Waals surface area contributed by atoms with Crippen LogP contribution in [0.3, 0.4) is 0 Å². The van der Waals surface area contributed by atoms with Crippen molar-refractivity contribution in [2.24, 2.45) is 0 Å². The summed E-state index contributed by atoms with van der Waals surface area (Å²) in [6.07, 6.45) is 2.38. The molecule has 1 aromatic heterocycles. The van der Waals surface area contributed by atoms with Crippen LogP contribution in [0.2, 0.25) is 0 Å². The molecule has 0 aliphatic carbocycles. The van der Waals surface area contributed by atoms with Gasteiger partial charge < -0.3 is 13.9 Å². The molecule has 1 saturated heterocycles. The quantitative estimate of drug-likeness (QED) is 0.550. The number of methoxy groups -OCH3 is 1. The molecule has 30 heavy (non-hydrogen) atoms. The zero-order valence-corrected chi connectivity index (χ0v) is 17.4. The molecule has 0 saturated carbocycles. The van der Waals surface area contributed by atoms with Gasteiger partial charge in [-0.1, -0.05) is 30.3 Å². The molecule has 0 radical (unpaired) electrons. The highest BCUT2D eigenvalue weighted by Crippen LogP contribution is 2.28. The topological polar surface area (TPSA) is 47.7 Å². The van der Waals surface area contributed by atoms with Gasteiger partial charge in [0, 0.05) is 18.7 Å². The van der Waals surface area contributed by atoms with Crippen molar-refractivity contribution in [1.82, 2.24) is 9.88 Å². The van der Waals surface area contributed by atoms with Crippen LogP contribution in [-0.4, -0.2) is 36.2 Å². The van der Waals surface area contributed by atoms with Crippen molar-refractivity contribution in [3.8, 4) is 17.2 Å². The molecule has 5 nitrogen and oxygen atoms in total. The summed E-state index contributed by atoms with van der Waals surface area (Å²) >= 11 is 0. The highest BCUT2D eigenvalue weighted by Gasteiger charge is 2.23. The lowest BCUT2D eigenvalue weighted by molar-refractivity contribution is -0.0123. The summed E-state index contributed by atoms with van der Waals surface area (Å²) in [4.78, 5) is 7.03. The van der Waals surface area contributed by atoms with Gasteiger partial charge >= 0.3 is 0 Å². The van der Waals surface area contributed by atoms with Gasteiger partial charge in [-0.05, 0) is 50.1 Å². The fourth-order valence-electron chi connectivity index (χ4n) is 3.78. The van der Waals surface area contributed by atoms with Crippen LogP contribution in [0.15, 0.2) is 52.9 Å². The second-order valence-electron chi connectivity index (χ2n) is 7.67. The number of hydrogen-bond donors (Lipinski definition) is 0. The molecule has 0 bridgehead atoms. The smallest absolute Gasteiger partial charge is 0.226 e. The number of benzene rings is 2. The number of aryl methyl sites for hydroxylation is 1. The third-order valence-corrected chi connectivity index (χ3v) is 5.45. The molecule has 6 heteroatoms. The molecule has 0 spiro atoms. The Morgan fingerprint density at radius 1 is 1.20 bits per heavy atom. The first-order valence-electron chi connectivity index (χ1n) is 10.3. The predicted octanol–water partition coefficient (Wildman–Crippen LogP) is 4.98. The minimum atomic E-state index is -0.403. The van der Waals surface area contributed by atoms with Crippen LogP contribution in [0.4, 0.5) is 4.39 Å². The van der Waals surface area contributed by atoms with E-state index in [2.05, 4.69) is 22.0 Å². The molecule has 0 N–H and O–H groups in total. The standard InChI is InChI=1S/C24H27FN2O3/c1-17-22(26-24(30-17)19-10-11-21(25)23(13-19)28-2)15-27-12-6-9-20(14-27)29-16-18-7-4-3-5-8-18/h3-5,7-8,10-11,13,20H,6,9,12,14-16H2,1-2H3/t20-/m0/s1. The Labute approximate surface area is 176 Å². The molecule has 3 aromatic rings. The van der Waals surface area contributed by atoms with Gasteiger partial charge in [-0.15, -0.1) is 0 Å². The van der Waals surface area contributed by atoms with Crippen LogP contribution in [0.1, 0.15) is 29.9 Å². The lowest BCUT2D eigenvalue weighted by Gasteiger charge is -2.32. The normalized spacial score (nSPS) is 17.2. The molecule has 0 unspecified atom stereocenters. The van der Waals surface area contributed by atoms with E-state index < -0.39 is 5.82 Å². The van der Waals surface area contributed by atoms with Crippen molar-refractivity contribution in [2.45, 2.75) is 39.0 Å². The zero-order valence-electron chi connectivity index (χ0n) is 17.4. The van der Waals surface area contributed by atoms with Crippen molar-refractivity contribution >= 4 is 0 Å².